The van der Waals surface area contributed by atoms with E-state index in [1.54, 1.807) is 18.2 Å². The minimum atomic E-state index is -4.79. The van der Waals surface area contributed by atoms with Crippen molar-refractivity contribution in [2.45, 2.75) is 45.5 Å². The Morgan fingerprint density at radius 1 is 1.11 bits per heavy atom. The van der Waals surface area contributed by atoms with E-state index in [0.717, 1.165) is 41.8 Å². The number of rotatable bonds is 7. The molecule has 0 radical (unpaired) electrons. The standard InChI is InChI=1S/C32H29F5N6O2S/c1-19(2)26-16-23(33)8-13-28(26)43-20(3)14-15-46-31(43)40-30(44)38-17-27(34)21-4-6-22(7-5-21)29-39-18-42(41-29)24-9-11-25(12-10-24)45-32(35,36)37/h4-13,16-20H,14-15H2,1-3H3,(H,38,44)/b27-17-,40-31-. The van der Waals surface area contributed by atoms with Gasteiger partial charge in [0.05, 0.1) is 5.69 Å². The zero-order chi connectivity index (χ0) is 33.0. The number of carbonyl (C=O) groups excluding carboxylic acids is 1. The zero-order valence-electron chi connectivity index (χ0n) is 24.9. The highest BCUT2D eigenvalue weighted by molar-refractivity contribution is 8.14. The van der Waals surface area contributed by atoms with Gasteiger partial charge in [-0.25, -0.2) is 23.2 Å². The molecule has 2 amide bonds. The summed E-state index contributed by atoms with van der Waals surface area (Å²) in [6, 6.07) is 15.1. The number of benzene rings is 3. The lowest BCUT2D eigenvalue weighted by molar-refractivity contribution is -0.274. The first-order chi connectivity index (χ1) is 21.9. The molecule has 0 spiro atoms. The summed E-state index contributed by atoms with van der Waals surface area (Å²) in [5.41, 5.74) is 2.78. The normalized spacial score (nSPS) is 16.6. The van der Waals surface area contributed by atoms with Crippen molar-refractivity contribution in [3.63, 3.8) is 0 Å². The molecule has 1 unspecified atom stereocenters. The molecule has 1 fully saturated rings. The van der Waals surface area contributed by atoms with Gasteiger partial charge in [-0.3, -0.25) is 0 Å². The molecule has 46 heavy (non-hydrogen) atoms. The Morgan fingerprint density at radius 2 is 1.83 bits per heavy atom. The first-order valence-electron chi connectivity index (χ1n) is 14.2. The predicted octanol–water partition coefficient (Wildman–Crippen LogP) is 8.46. The van der Waals surface area contributed by atoms with Crippen LogP contribution in [0.4, 0.5) is 32.4 Å². The van der Waals surface area contributed by atoms with Gasteiger partial charge in [-0.1, -0.05) is 49.9 Å². The molecule has 5 rings (SSSR count). The van der Waals surface area contributed by atoms with E-state index in [1.165, 1.54) is 59.2 Å². The van der Waals surface area contributed by atoms with E-state index in [1.807, 2.05) is 25.7 Å². The second-order valence-electron chi connectivity index (χ2n) is 10.7. The number of nitrogens with one attached hydrogen (secondary N) is 1. The first kappa shape index (κ1) is 32.7. The fourth-order valence-corrected chi connectivity index (χ4v) is 5.97. The molecule has 4 aromatic rings. The minimum Gasteiger partial charge on any atom is -0.406 e. The number of carbonyl (C=O) groups is 1. The molecule has 0 saturated carbocycles. The van der Waals surface area contributed by atoms with E-state index < -0.39 is 18.2 Å². The van der Waals surface area contributed by atoms with Crippen LogP contribution >= 0.6 is 11.8 Å². The molecule has 240 valence electrons. The second kappa shape index (κ2) is 13.7. The van der Waals surface area contributed by atoms with Gasteiger partial charge in [0.15, 0.2) is 11.0 Å². The number of aliphatic imine (C=N–C) groups is 1. The van der Waals surface area contributed by atoms with E-state index in [0.29, 0.717) is 22.2 Å². The summed E-state index contributed by atoms with van der Waals surface area (Å²) < 4.78 is 71.5. The molecule has 8 nitrogen and oxygen atoms in total. The van der Waals surface area contributed by atoms with Crippen LogP contribution in [0.15, 0.2) is 84.2 Å². The summed E-state index contributed by atoms with van der Waals surface area (Å²) in [6.45, 7) is 5.95. The Balaban J connectivity index is 1.26. The van der Waals surface area contributed by atoms with Crippen molar-refractivity contribution in [3.05, 3.63) is 96.2 Å². The van der Waals surface area contributed by atoms with Crippen molar-refractivity contribution in [3.8, 4) is 22.8 Å². The predicted molar refractivity (Wildman–Crippen MR) is 168 cm³/mol. The molecular formula is C32H29F5N6O2S. The number of ether oxygens (including phenoxy) is 1. The number of hydrogen-bond acceptors (Lipinski definition) is 5. The number of amides is 2. The first-order valence-corrected chi connectivity index (χ1v) is 15.2. The maximum absolute atomic E-state index is 15.0. The number of nitrogens with zero attached hydrogens (tertiary/aromatic N) is 5. The number of halogens is 5. The van der Waals surface area contributed by atoms with E-state index in [4.69, 9.17) is 0 Å². The van der Waals surface area contributed by atoms with E-state index in [-0.39, 0.29) is 29.1 Å². The molecule has 2 heterocycles. The van der Waals surface area contributed by atoms with Gasteiger partial charge in [0.1, 0.15) is 23.7 Å². The molecule has 1 N–H and O–H groups in total. The lowest BCUT2D eigenvalue weighted by Gasteiger charge is -2.37. The average Bonchev–Trinajstić information content (AvgIpc) is 3.50. The van der Waals surface area contributed by atoms with Crippen molar-refractivity contribution >= 4 is 34.5 Å². The van der Waals surface area contributed by atoms with Gasteiger partial charge in [0, 0.05) is 34.8 Å². The molecule has 3 aromatic carbocycles. The summed E-state index contributed by atoms with van der Waals surface area (Å²) in [5, 5.41) is 7.16. The topological polar surface area (TPSA) is 84.6 Å². The molecule has 1 atom stereocenters. The molecule has 1 aliphatic heterocycles. The molecule has 1 aromatic heterocycles. The Hall–Kier alpha value is -4.72. The Morgan fingerprint density at radius 3 is 2.50 bits per heavy atom. The number of alkyl halides is 3. The number of thioether (sulfide) groups is 1. The largest absolute Gasteiger partial charge is 0.573 e. The Kier molecular flexibility index (Phi) is 9.75. The fourth-order valence-electron chi connectivity index (χ4n) is 4.77. The van der Waals surface area contributed by atoms with E-state index in [2.05, 4.69) is 25.1 Å². The third-order valence-corrected chi connectivity index (χ3v) is 8.04. The van der Waals surface area contributed by atoms with Crippen LogP contribution in [-0.2, 0) is 0 Å². The summed E-state index contributed by atoms with van der Waals surface area (Å²) in [4.78, 5) is 23.1. The van der Waals surface area contributed by atoms with Gasteiger partial charge in [0.25, 0.3) is 0 Å². The zero-order valence-corrected chi connectivity index (χ0v) is 25.7. The van der Waals surface area contributed by atoms with E-state index in [9.17, 15) is 26.7 Å². The number of amidine groups is 1. The quantitative estimate of drug-likeness (QED) is 0.201. The highest BCUT2D eigenvalue weighted by atomic mass is 32.2. The van der Waals surface area contributed by atoms with Gasteiger partial charge in [-0.2, -0.15) is 4.99 Å². The molecule has 0 bridgehead atoms. The van der Waals surface area contributed by atoms with Crippen molar-refractivity contribution in [1.82, 2.24) is 20.1 Å². The molecule has 14 heteroatoms. The molecule has 0 aliphatic carbocycles. The summed E-state index contributed by atoms with van der Waals surface area (Å²) in [7, 11) is 0. The van der Waals surface area contributed by atoms with Gasteiger partial charge >= 0.3 is 12.4 Å². The number of hydrogen-bond donors (Lipinski definition) is 1. The third kappa shape index (κ3) is 7.91. The smallest absolute Gasteiger partial charge is 0.406 e. The van der Waals surface area contributed by atoms with Crippen LogP contribution in [0.1, 0.15) is 44.2 Å². The van der Waals surface area contributed by atoms with Crippen molar-refractivity contribution in [2.24, 2.45) is 4.99 Å². The average molecular weight is 657 g/mol. The van der Waals surface area contributed by atoms with Gasteiger partial charge in [0.2, 0.25) is 0 Å². The maximum atomic E-state index is 15.0. The van der Waals surface area contributed by atoms with Crippen molar-refractivity contribution in [1.29, 1.82) is 0 Å². The number of urea groups is 1. The Bertz CT molecular complexity index is 1750. The minimum absolute atomic E-state index is 0.0147. The molecule has 1 aliphatic rings. The van der Waals surface area contributed by atoms with Crippen LogP contribution in [0, 0.1) is 5.82 Å². The van der Waals surface area contributed by atoms with Crippen LogP contribution in [0.25, 0.3) is 22.9 Å². The van der Waals surface area contributed by atoms with Crippen LogP contribution < -0.4 is 15.0 Å². The van der Waals surface area contributed by atoms with Gasteiger partial charge < -0.3 is 15.0 Å². The molecular weight excluding hydrogens is 627 g/mol. The number of aromatic nitrogens is 3. The second-order valence-corrected chi connectivity index (χ2v) is 11.7. The van der Waals surface area contributed by atoms with Crippen LogP contribution in [0.5, 0.6) is 5.75 Å². The SMILES string of the molecule is CC(C)c1cc(F)ccc1N1/C(=N/C(=O)N/C=C(\F)c2ccc(-c3ncn(-c4ccc(OC(F)(F)F)cc4)n3)cc2)SCCC1C. The van der Waals surface area contributed by atoms with Gasteiger partial charge in [-0.05, 0) is 67.3 Å². The highest BCUT2D eigenvalue weighted by Crippen LogP contribution is 2.35. The monoisotopic (exact) mass is 656 g/mol. The Labute approximate surface area is 266 Å². The summed E-state index contributed by atoms with van der Waals surface area (Å²) >= 11 is 1.40. The molecule has 1 saturated heterocycles. The summed E-state index contributed by atoms with van der Waals surface area (Å²) in [5.74, 6) is -0.317. The van der Waals surface area contributed by atoms with Gasteiger partial charge in [-0.15, -0.1) is 18.3 Å². The van der Waals surface area contributed by atoms with Crippen molar-refractivity contribution < 1.29 is 31.5 Å². The van der Waals surface area contributed by atoms with E-state index >= 15 is 0 Å². The highest BCUT2D eigenvalue weighted by Gasteiger charge is 2.31. The maximum Gasteiger partial charge on any atom is 0.573 e. The lowest BCUT2D eigenvalue weighted by atomic mass is 9.99. The fraction of sp³-hybridized carbons (Fsp3) is 0.250. The third-order valence-electron chi connectivity index (χ3n) is 7.05. The summed E-state index contributed by atoms with van der Waals surface area (Å²) in [6.07, 6.45) is -1.62. The van der Waals surface area contributed by atoms with Crippen LogP contribution in [0.3, 0.4) is 0 Å². The lowest BCUT2D eigenvalue weighted by Crippen LogP contribution is -2.42. The van der Waals surface area contributed by atoms with Crippen LogP contribution in [-0.4, -0.2) is 44.1 Å². The van der Waals surface area contributed by atoms with Crippen molar-refractivity contribution in [2.75, 3.05) is 10.7 Å². The van der Waals surface area contributed by atoms with Crippen LogP contribution in [0.2, 0.25) is 0 Å². The number of anilines is 1.